The van der Waals surface area contributed by atoms with Gasteiger partial charge in [-0.25, -0.2) is 18.2 Å². The first-order chi connectivity index (χ1) is 7.48. The minimum atomic E-state index is -3.88. The lowest BCUT2D eigenvalue weighted by Crippen LogP contribution is -2.14. The van der Waals surface area contributed by atoms with E-state index in [2.05, 4.69) is 5.10 Å². The molecule has 6 nitrogen and oxygen atoms in total. The van der Waals surface area contributed by atoms with Crippen LogP contribution >= 0.6 is 0 Å². The molecule has 0 atom stereocenters. The SMILES string of the molecule is Nc1cn(-c2ccccc2)nc1S(N)(=O)=O. The number of primary sulfonamides is 1. The molecular weight excluding hydrogens is 228 g/mol. The fourth-order valence-corrected chi connectivity index (χ4v) is 1.89. The van der Waals surface area contributed by atoms with Gasteiger partial charge in [0.15, 0.2) is 0 Å². The van der Waals surface area contributed by atoms with E-state index in [1.54, 1.807) is 12.1 Å². The lowest BCUT2D eigenvalue weighted by Gasteiger charge is -1.98. The van der Waals surface area contributed by atoms with Crippen molar-refractivity contribution in [1.29, 1.82) is 0 Å². The van der Waals surface area contributed by atoms with Crippen molar-refractivity contribution in [2.75, 3.05) is 5.73 Å². The smallest absolute Gasteiger partial charge is 0.259 e. The number of hydrogen-bond donors (Lipinski definition) is 2. The standard InChI is InChI=1S/C9H10N4O2S/c10-8-6-13(7-4-2-1-3-5-7)12-9(8)16(11,14)15/h1-6H,10H2,(H2,11,14,15). The maximum atomic E-state index is 11.1. The zero-order chi connectivity index (χ0) is 11.8. The van der Waals surface area contributed by atoms with Crippen LogP contribution in [0.4, 0.5) is 5.69 Å². The van der Waals surface area contributed by atoms with Crippen LogP contribution in [0.15, 0.2) is 41.6 Å². The molecule has 1 aromatic carbocycles. The summed E-state index contributed by atoms with van der Waals surface area (Å²) >= 11 is 0. The van der Waals surface area contributed by atoms with Gasteiger partial charge in [0.1, 0.15) is 0 Å². The van der Waals surface area contributed by atoms with E-state index in [9.17, 15) is 8.42 Å². The van der Waals surface area contributed by atoms with Crippen LogP contribution in [0.1, 0.15) is 0 Å². The Hall–Kier alpha value is -1.86. The van der Waals surface area contributed by atoms with Gasteiger partial charge in [0.25, 0.3) is 10.0 Å². The summed E-state index contributed by atoms with van der Waals surface area (Å²) in [4.78, 5) is 0. The third-order valence-corrected chi connectivity index (χ3v) is 2.85. The highest BCUT2D eigenvalue weighted by molar-refractivity contribution is 7.89. The van der Waals surface area contributed by atoms with E-state index in [0.717, 1.165) is 0 Å². The second-order valence-electron chi connectivity index (χ2n) is 3.21. The Morgan fingerprint density at radius 1 is 1.19 bits per heavy atom. The van der Waals surface area contributed by atoms with Gasteiger partial charge >= 0.3 is 0 Å². The molecule has 0 radical (unpaired) electrons. The van der Waals surface area contributed by atoms with Gasteiger partial charge in [-0.1, -0.05) is 18.2 Å². The first-order valence-corrected chi connectivity index (χ1v) is 5.96. The monoisotopic (exact) mass is 238 g/mol. The number of sulfonamides is 1. The highest BCUT2D eigenvalue weighted by Gasteiger charge is 2.17. The lowest BCUT2D eigenvalue weighted by atomic mass is 10.3. The molecule has 7 heteroatoms. The topological polar surface area (TPSA) is 104 Å². The number of benzene rings is 1. The van der Waals surface area contributed by atoms with E-state index in [1.165, 1.54) is 10.9 Å². The van der Waals surface area contributed by atoms with Crippen LogP contribution < -0.4 is 10.9 Å². The van der Waals surface area contributed by atoms with E-state index in [4.69, 9.17) is 10.9 Å². The molecule has 0 aliphatic carbocycles. The van der Waals surface area contributed by atoms with Crippen molar-refractivity contribution in [2.45, 2.75) is 5.03 Å². The second kappa shape index (κ2) is 3.62. The van der Waals surface area contributed by atoms with E-state index in [1.807, 2.05) is 18.2 Å². The molecule has 0 aliphatic rings. The summed E-state index contributed by atoms with van der Waals surface area (Å²) in [5, 5.41) is 8.49. The fraction of sp³-hybridized carbons (Fsp3) is 0. The third-order valence-electron chi connectivity index (χ3n) is 2.00. The van der Waals surface area contributed by atoms with Crippen molar-refractivity contribution in [1.82, 2.24) is 9.78 Å². The van der Waals surface area contributed by atoms with Gasteiger partial charge in [-0.2, -0.15) is 5.10 Å². The Morgan fingerprint density at radius 2 is 1.81 bits per heavy atom. The summed E-state index contributed by atoms with van der Waals surface area (Å²) < 4.78 is 23.6. The molecule has 0 saturated carbocycles. The van der Waals surface area contributed by atoms with Gasteiger partial charge in [0.2, 0.25) is 5.03 Å². The lowest BCUT2D eigenvalue weighted by molar-refractivity contribution is 0.592. The Bertz CT molecular complexity index is 604. The Morgan fingerprint density at radius 3 is 2.31 bits per heavy atom. The first kappa shape index (κ1) is 10.7. The number of rotatable bonds is 2. The number of nitrogens with zero attached hydrogens (tertiary/aromatic N) is 2. The summed E-state index contributed by atoms with van der Waals surface area (Å²) in [6.45, 7) is 0. The highest BCUT2D eigenvalue weighted by atomic mass is 32.2. The number of anilines is 1. The average molecular weight is 238 g/mol. The van der Waals surface area contributed by atoms with Crippen molar-refractivity contribution in [3.63, 3.8) is 0 Å². The van der Waals surface area contributed by atoms with Crippen LogP contribution in [0.25, 0.3) is 5.69 Å². The number of hydrogen-bond acceptors (Lipinski definition) is 4. The van der Waals surface area contributed by atoms with Gasteiger partial charge in [-0.3, -0.25) is 0 Å². The Kier molecular flexibility index (Phi) is 2.41. The quantitative estimate of drug-likeness (QED) is 0.774. The van der Waals surface area contributed by atoms with E-state index < -0.39 is 10.0 Å². The second-order valence-corrected chi connectivity index (χ2v) is 4.69. The Balaban J connectivity index is 2.55. The van der Waals surface area contributed by atoms with Gasteiger partial charge in [-0.15, -0.1) is 0 Å². The largest absolute Gasteiger partial charge is 0.395 e. The summed E-state index contributed by atoms with van der Waals surface area (Å²) in [5.41, 5.74) is 6.27. The van der Waals surface area contributed by atoms with E-state index >= 15 is 0 Å². The maximum Gasteiger partial charge on any atom is 0.259 e. The van der Waals surface area contributed by atoms with E-state index in [-0.39, 0.29) is 10.7 Å². The van der Waals surface area contributed by atoms with Crippen LogP contribution in [-0.4, -0.2) is 18.2 Å². The zero-order valence-electron chi connectivity index (χ0n) is 8.24. The van der Waals surface area contributed by atoms with Crippen LogP contribution in [0.3, 0.4) is 0 Å². The van der Waals surface area contributed by atoms with Crippen LogP contribution in [0.5, 0.6) is 0 Å². The third kappa shape index (κ3) is 1.90. The van der Waals surface area contributed by atoms with Crippen LogP contribution in [0, 0.1) is 0 Å². The van der Waals surface area contributed by atoms with Gasteiger partial charge in [0, 0.05) is 0 Å². The number of nitrogen functional groups attached to an aromatic ring is 1. The van der Waals surface area contributed by atoms with Crippen molar-refractivity contribution >= 4 is 15.7 Å². The minimum absolute atomic E-state index is 0.0337. The molecular formula is C9H10N4O2S. The normalized spacial score (nSPS) is 11.6. The van der Waals surface area contributed by atoms with Crippen LogP contribution in [0.2, 0.25) is 0 Å². The molecule has 0 fully saturated rings. The summed E-state index contributed by atoms with van der Waals surface area (Å²) in [7, 11) is -3.88. The predicted octanol–water partition coefficient (Wildman–Crippen LogP) is 0.102. The Labute approximate surface area is 92.5 Å². The van der Waals surface area contributed by atoms with Crippen molar-refractivity contribution < 1.29 is 8.42 Å². The zero-order valence-corrected chi connectivity index (χ0v) is 9.05. The first-order valence-electron chi connectivity index (χ1n) is 4.42. The fourth-order valence-electron chi connectivity index (χ4n) is 1.31. The number of nitrogens with two attached hydrogens (primary N) is 2. The van der Waals surface area contributed by atoms with Crippen molar-refractivity contribution in [3.05, 3.63) is 36.5 Å². The molecule has 1 aromatic heterocycles. The molecule has 16 heavy (non-hydrogen) atoms. The van der Waals surface area contributed by atoms with Gasteiger partial charge in [0.05, 0.1) is 17.6 Å². The molecule has 2 rings (SSSR count). The molecule has 2 aromatic rings. The summed E-state index contributed by atoms with van der Waals surface area (Å²) in [5.74, 6) is 0. The molecule has 84 valence electrons. The number of aromatic nitrogens is 2. The average Bonchev–Trinajstić information content (AvgIpc) is 2.61. The molecule has 0 spiro atoms. The summed E-state index contributed by atoms with van der Waals surface area (Å²) in [6.07, 6.45) is 1.41. The van der Waals surface area contributed by atoms with Gasteiger partial charge < -0.3 is 5.73 Å². The molecule has 0 bridgehead atoms. The summed E-state index contributed by atoms with van der Waals surface area (Å²) in [6, 6.07) is 9.02. The van der Waals surface area contributed by atoms with E-state index in [0.29, 0.717) is 5.69 Å². The minimum Gasteiger partial charge on any atom is -0.395 e. The molecule has 0 amide bonds. The molecule has 0 saturated heterocycles. The van der Waals surface area contributed by atoms with Crippen LogP contribution in [-0.2, 0) is 10.0 Å². The van der Waals surface area contributed by atoms with Crippen molar-refractivity contribution in [3.8, 4) is 5.69 Å². The van der Waals surface area contributed by atoms with Gasteiger partial charge in [-0.05, 0) is 12.1 Å². The molecule has 1 heterocycles. The molecule has 0 aliphatic heterocycles. The number of para-hydroxylation sites is 1. The molecule has 0 unspecified atom stereocenters. The maximum absolute atomic E-state index is 11.1. The molecule has 4 N–H and O–H groups in total. The highest BCUT2D eigenvalue weighted by Crippen LogP contribution is 2.16. The predicted molar refractivity (Wildman–Crippen MR) is 59.3 cm³/mol. The van der Waals surface area contributed by atoms with Crippen molar-refractivity contribution in [2.24, 2.45) is 5.14 Å².